The zero-order valence-corrected chi connectivity index (χ0v) is 8.54. The Bertz CT molecular complexity index is 288. The van der Waals surface area contributed by atoms with Crippen LogP contribution in [0, 0.1) is 0 Å². The molecule has 4 heteroatoms. The van der Waals surface area contributed by atoms with Gasteiger partial charge in [-0.2, -0.15) is 0 Å². The lowest BCUT2D eigenvalue weighted by Gasteiger charge is -2.07. The second kappa shape index (κ2) is 4.79. The molecule has 1 N–H and O–H groups in total. The molecule has 0 fully saturated rings. The molecule has 1 aliphatic heterocycles. The molecule has 0 aromatic rings. The Morgan fingerprint density at radius 1 is 1.64 bits per heavy atom. The normalized spacial score (nSPS) is 17.4. The lowest BCUT2D eigenvalue weighted by Crippen LogP contribution is -2.16. The van der Waals surface area contributed by atoms with Crippen LogP contribution in [0.2, 0.25) is 0 Å². The Morgan fingerprint density at radius 2 is 2.36 bits per heavy atom. The molecule has 0 atom stereocenters. The van der Waals surface area contributed by atoms with Gasteiger partial charge in [0.1, 0.15) is 11.3 Å². The molecule has 1 rings (SSSR count). The molecule has 0 spiro atoms. The number of carbonyl (C=O) groups excluding carboxylic acids is 1. The van der Waals surface area contributed by atoms with Crippen molar-refractivity contribution in [2.75, 3.05) is 13.2 Å². The van der Waals surface area contributed by atoms with Crippen molar-refractivity contribution in [2.24, 2.45) is 4.99 Å². The quantitative estimate of drug-likeness (QED) is 0.425. The molecule has 0 bridgehead atoms. The third-order valence-corrected chi connectivity index (χ3v) is 2.00. The maximum Gasteiger partial charge on any atom is 0.343 e. The van der Waals surface area contributed by atoms with Crippen molar-refractivity contribution in [3.05, 3.63) is 11.3 Å². The van der Waals surface area contributed by atoms with E-state index in [1.54, 1.807) is 6.92 Å². The van der Waals surface area contributed by atoms with Crippen LogP contribution in [0.4, 0.5) is 0 Å². The summed E-state index contributed by atoms with van der Waals surface area (Å²) < 4.78 is 4.84. The highest BCUT2D eigenvalue weighted by Crippen LogP contribution is 2.16. The lowest BCUT2D eigenvalue weighted by atomic mass is 10.1. The number of esters is 1. The number of aliphatic hydroxyl groups excluding tert-OH is 1. The molecule has 0 amide bonds. The summed E-state index contributed by atoms with van der Waals surface area (Å²) in [7, 11) is 0. The van der Waals surface area contributed by atoms with Crippen LogP contribution in [0.1, 0.15) is 26.7 Å². The summed E-state index contributed by atoms with van der Waals surface area (Å²) >= 11 is 0. The highest BCUT2D eigenvalue weighted by atomic mass is 16.5. The molecule has 0 saturated heterocycles. The second-order valence-corrected chi connectivity index (χ2v) is 3.11. The molecule has 0 aromatic carbocycles. The first-order chi connectivity index (χ1) is 6.66. The number of carbonyl (C=O) groups is 1. The van der Waals surface area contributed by atoms with Crippen molar-refractivity contribution in [3.8, 4) is 0 Å². The number of hydrogen-bond acceptors (Lipinski definition) is 4. The van der Waals surface area contributed by atoms with Gasteiger partial charge in [0.05, 0.1) is 12.3 Å². The fraction of sp³-hybridized carbons (Fsp3) is 0.600. The number of allylic oxidation sites excluding steroid dienone is 1. The zero-order chi connectivity index (χ0) is 10.6. The van der Waals surface area contributed by atoms with Gasteiger partial charge in [0, 0.05) is 6.54 Å². The topological polar surface area (TPSA) is 58.9 Å². The highest BCUT2D eigenvalue weighted by Gasteiger charge is 2.22. The number of aliphatic hydroxyl groups is 1. The first-order valence-electron chi connectivity index (χ1n) is 4.77. The summed E-state index contributed by atoms with van der Waals surface area (Å²) in [6.07, 6.45) is 1.68. The van der Waals surface area contributed by atoms with E-state index in [-0.39, 0.29) is 11.3 Å². The number of ether oxygens (including phenoxy) is 1. The van der Waals surface area contributed by atoms with Crippen LogP contribution in [-0.4, -0.2) is 29.9 Å². The predicted molar refractivity (Wildman–Crippen MR) is 53.5 cm³/mol. The van der Waals surface area contributed by atoms with Gasteiger partial charge in [0.25, 0.3) is 0 Å². The standard InChI is InChI=1S/C10H15NO3/c1-3-14-10(13)9(7(2)12)8-5-4-6-11-8/h12H,3-6H2,1-2H3. The summed E-state index contributed by atoms with van der Waals surface area (Å²) in [5.41, 5.74) is 0.910. The molecule has 1 aliphatic rings. The van der Waals surface area contributed by atoms with Gasteiger partial charge in [-0.15, -0.1) is 0 Å². The van der Waals surface area contributed by atoms with Gasteiger partial charge in [-0.05, 0) is 26.7 Å². The minimum Gasteiger partial charge on any atom is -0.512 e. The van der Waals surface area contributed by atoms with E-state index in [0.29, 0.717) is 12.3 Å². The largest absolute Gasteiger partial charge is 0.512 e. The molecule has 4 nitrogen and oxygen atoms in total. The van der Waals surface area contributed by atoms with Crippen molar-refractivity contribution in [2.45, 2.75) is 26.7 Å². The minimum absolute atomic E-state index is 0.0101. The van der Waals surface area contributed by atoms with E-state index in [2.05, 4.69) is 4.99 Å². The first kappa shape index (κ1) is 10.8. The van der Waals surface area contributed by atoms with Crippen LogP contribution in [-0.2, 0) is 9.53 Å². The number of aliphatic imine (C=N–C) groups is 1. The van der Waals surface area contributed by atoms with Crippen LogP contribution in [0.15, 0.2) is 16.3 Å². The molecule has 0 aromatic heterocycles. The van der Waals surface area contributed by atoms with E-state index in [0.717, 1.165) is 19.4 Å². The summed E-state index contributed by atoms with van der Waals surface area (Å²) in [6.45, 7) is 4.25. The number of nitrogens with zero attached hydrogens (tertiary/aromatic N) is 1. The minimum atomic E-state index is -0.479. The van der Waals surface area contributed by atoms with Gasteiger partial charge >= 0.3 is 5.97 Å². The van der Waals surface area contributed by atoms with Crippen LogP contribution < -0.4 is 0 Å². The van der Waals surface area contributed by atoms with Gasteiger partial charge in [-0.25, -0.2) is 4.79 Å². The van der Waals surface area contributed by atoms with Crippen molar-refractivity contribution in [1.82, 2.24) is 0 Å². The monoisotopic (exact) mass is 197 g/mol. The Hall–Kier alpha value is -1.32. The predicted octanol–water partition coefficient (Wildman–Crippen LogP) is 1.62. The smallest absolute Gasteiger partial charge is 0.343 e. The summed E-state index contributed by atoms with van der Waals surface area (Å²) in [4.78, 5) is 15.6. The van der Waals surface area contributed by atoms with Crippen molar-refractivity contribution >= 4 is 11.7 Å². The SMILES string of the molecule is CCOC(=O)C(C1=NCCC1)=C(C)O. The van der Waals surface area contributed by atoms with Crippen molar-refractivity contribution < 1.29 is 14.6 Å². The molecule has 0 unspecified atom stereocenters. The molecule has 0 saturated carbocycles. The van der Waals surface area contributed by atoms with Crippen LogP contribution >= 0.6 is 0 Å². The molecular formula is C10H15NO3. The maximum absolute atomic E-state index is 11.5. The van der Waals surface area contributed by atoms with E-state index >= 15 is 0 Å². The van der Waals surface area contributed by atoms with Gasteiger partial charge in [0.15, 0.2) is 0 Å². The average Bonchev–Trinajstić information content (AvgIpc) is 2.57. The van der Waals surface area contributed by atoms with Crippen LogP contribution in [0.3, 0.4) is 0 Å². The van der Waals surface area contributed by atoms with E-state index in [1.165, 1.54) is 6.92 Å². The van der Waals surface area contributed by atoms with E-state index in [4.69, 9.17) is 4.74 Å². The fourth-order valence-electron chi connectivity index (χ4n) is 1.42. The highest BCUT2D eigenvalue weighted by molar-refractivity contribution is 6.20. The van der Waals surface area contributed by atoms with Crippen molar-refractivity contribution in [3.63, 3.8) is 0 Å². The van der Waals surface area contributed by atoms with Crippen molar-refractivity contribution in [1.29, 1.82) is 0 Å². The molecule has 14 heavy (non-hydrogen) atoms. The molecule has 78 valence electrons. The Morgan fingerprint density at radius 3 is 2.79 bits per heavy atom. The van der Waals surface area contributed by atoms with Gasteiger partial charge in [-0.3, -0.25) is 4.99 Å². The zero-order valence-electron chi connectivity index (χ0n) is 8.54. The first-order valence-corrected chi connectivity index (χ1v) is 4.77. The lowest BCUT2D eigenvalue weighted by molar-refractivity contribution is -0.138. The van der Waals surface area contributed by atoms with Gasteiger partial charge < -0.3 is 9.84 Å². The van der Waals surface area contributed by atoms with Crippen LogP contribution in [0.25, 0.3) is 0 Å². The third kappa shape index (κ3) is 2.34. The third-order valence-electron chi connectivity index (χ3n) is 2.00. The maximum atomic E-state index is 11.5. The molecule has 0 radical (unpaired) electrons. The van der Waals surface area contributed by atoms with E-state index in [1.807, 2.05) is 0 Å². The summed E-state index contributed by atoms with van der Waals surface area (Å²) in [5.74, 6) is -0.489. The summed E-state index contributed by atoms with van der Waals surface area (Å²) in [6, 6.07) is 0. The Labute approximate surface area is 83.3 Å². The van der Waals surface area contributed by atoms with E-state index < -0.39 is 5.97 Å². The number of rotatable bonds is 3. The summed E-state index contributed by atoms with van der Waals surface area (Å²) in [5, 5.41) is 9.37. The molecular weight excluding hydrogens is 182 g/mol. The molecule has 0 aliphatic carbocycles. The Balaban J connectivity index is 2.86. The molecule has 1 heterocycles. The van der Waals surface area contributed by atoms with Crippen LogP contribution in [0.5, 0.6) is 0 Å². The van der Waals surface area contributed by atoms with E-state index in [9.17, 15) is 9.90 Å². The fourth-order valence-corrected chi connectivity index (χ4v) is 1.42. The second-order valence-electron chi connectivity index (χ2n) is 3.11. The van der Waals surface area contributed by atoms with Gasteiger partial charge in [0.2, 0.25) is 0 Å². The van der Waals surface area contributed by atoms with Gasteiger partial charge in [-0.1, -0.05) is 0 Å². The number of hydrogen-bond donors (Lipinski definition) is 1. The average molecular weight is 197 g/mol. The Kier molecular flexibility index (Phi) is 3.68.